The molecule has 0 aromatic carbocycles. The van der Waals surface area contributed by atoms with Crippen LogP contribution < -0.4 is 10.6 Å². The van der Waals surface area contributed by atoms with E-state index in [-0.39, 0.29) is 11.3 Å². The monoisotopic (exact) mass is 237 g/mol. The van der Waals surface area contributed by atoms with Gasteiger partial charge in [0.2, 0.25) is 5.91 Å². The molecule has 1 saturated heterocycles. The Balaban J connectivity index is 2.37. The van der Waals surface area contributed by atoms with Gasteiger partial charge in [-0.05, 0) is 31.7 Å². The van der Waals surface area contributed by atoms with Crippen LogP contribution in [-0.4, -0.2) is 25.5 Å². The molecule has 1 rings (SSSR count). The summed E-state index contributed by atoms with van der Waals surface area (Å²) < 4.78 is 0. The highest BCUT2D eigenvalue weighted by Gasteiger charge is 2.43. The van der Waals surface area contributed by atoms with Crippen LogP contribution in [0.25, 0.3) is 0 Å². The molecular formula is C13H23N3O. The van der Waals surface area contributed by atoms with Gasteiger partial charge in [-0.25, -0.2) is 0 Å². The van der Waals surface area contributed by atoms with Gasteiger partial charge in [0.05, 0.1) is 11.5 Å². The van der Waals surface area contributed by atoms with Crippen molar-refractivity contribution in [3.63, 3.8) is 0 Å². The summed E-state index contributed by atoms with van der Waals surface area (Å²) in [5.74, 6) is 0.533. The summed E-state index contributed by atoms with van der Waals surface area (Å²) in [5, 5.41) is 14.7. The zero-order valence-corrected chi connectivity index (χ0v) is 10.9. The lowest BCUT2D eigenvalue weighted by atomic mass is 9.75. The maximum absolute atomic E-state index is 12.2. The minimum Gasteiger partial charge on any atom is -0.356 e. The summed E-state index contributed by atoms with van der Waals surface area (Å²) in [6.45, 7) is 6.63. The van der Waals surface area contributed by atoms with Crippen LogP contribution in [0, 0.1) is 22.7 Å². The second-order valence-corrected chi connectivity index (χ2v) is 5.11. The second-order valence-electron chi connectivity index (χ2n) is 5.11. The van der Waals surface area contributed by atoms with E-state index in [1.807, 2.05) is 0 Å². The average molecular weight is 237 g/mol. The predicted molar refractivity (Wildman–Crippen MR) is 67.2 cm³/mol. The van der Waals surface area contributed by atoms with Crippen molar-refractivity contribution in [3.05, 3.63) is 0 Å². The normalized spacial score (nSPS) is 23.6. The Labute approximate surface area is 104 Å². The molecule has 1 amide bonds. The first-order chi connectivity index (χ1) is 8.13. The lowest BCUT2D eigenvalue weighted by molar-refractivity contribution is -0.132. The van der Waals surface area contributed by atoms with Crippen LogP contribution in [0.5, 0.6) is 0 Å². The number of carbonyl (C=O) groups excluding carboxylic acids is 1. The zero-order chi connectivity index (χ0) is 12.7. The number of hydrogen-bond acceptors (Lipinski definition) is 3. The molecule has 0 aliphatic carbocycles. The van der Waals surface area contributed by atoms with Gasteiger partial charge >= 0.3 is 0 Å². The fraction of sp³-hybridized carbons (Fsp3) is 0.846. The number of unbranched alkanes of at least 4 members (excludes halogenated alkanes) is 2. The van der Waals surface area contributed by atoms with Crippen molar-refractivity contribution in [1.29, 1.82) is 5.26 Å². The summed E-state index contributed by atoms with van der Waals surface area (Å²) in [5.41, 5.74) is -0.227. The smallest absolute Gasteiger partial charge is 0.227 e. The maximum Gasteiger partial charge on any atom is 0.227 e. The molecule has 4 heteroatoms. The number of nitrogens with one attached hydrogen (secondary N) is 2. The highest BCUT2D eigenvalue weighted by molar-refractivity contribution is 5.83. The second kappa shape index (κ2) is 6.61. The molecular weight excluding hydrogens is 214 g/mol. The zero-order valence-electron chi connectivity index (χ0n) is 10.9. The molecule has 96 valence electrons. The lowest BCUT2D eigenvalue weighted by Crippen LogP contribution is -2.46. The Hall–Kier alpha value is -1.08. The lowest BCUT2D eigenvalue weighted by Gasteiger charge is -2.31. The molecule has 0 radical (unpaired) electrons. The molecule has 0 saturated carbocycles. The highest BCUT2D eigenvalue weighted by atomic mass is 16.2. The number of nitrogens with zero attached hydrogens (tertiary/aromatic N) is 1. The average Bonchev–Trinajstić information content (AvgIpc) is 2.79. The Bertz CT molecular complexity index is 288. The van der Waals surface area contributed by atoms with Crippen LogP contribution in [0.4, 0.5) is 0 Å². The Kier molecular flexibility index (Phi) is 5.43. The SMILES string of the molecule is CC(C)C1(C(=O)NCCCCC#N)CCNC1. The van der Waals surface area contributed by atoms with E-state index in [0.717, 1.165) is 32.4 Å². The largest absolute Gasteiger partial charge is 0.356 e. The third kappa shape index (κ3) is 3.44. The van der Waals surface area contributed by atoms with Crippen molar-refractivity contribution in [1.82, 2.24) is 10.6 Å². The summed E-state index contributed by atoms with van der Waals surface area (Å²) in [4.78, 5) is 12.2. The highest BCUT2D eigenvalue weighted by Crippen LogP contribution is 2.34. The van der Waals surface area contributed by atoms with Crippen molar-refractivity contribution in [2.45, 2.75) is 39.5 Å². The van der Waals surface area contributed by atoms with Crippen molar-refractivity contribution < 1.29 is 4.79 Å². The first-order valence-electron chi connectivity index (χ1n) is 6.49. The number of rotatable bonds is 6. The van der Waals surface area contributed by atoms with Gasteiger partial charge in [0, 0.05) is 19.5 Å². The van der Waals surface area contributed by atoms with Crippen molar-refractivity contribution >= 4 is 5.91 Å². The summed E-state index contributed by atoms with van der Waals surface area (Å²) in [7, 11) is 0. The first-order valence-corrected chi connectivity index (χ1v) is 6.49. The van der Waals surface area contributed by atoms with Crippen LogP contribution >= 0.6 is 0 Å². The van der Waals surface area contributed by atoms with Gasteiger partial charge in [-0.3, -0.25) is 4.79 Å². The number of carbonyl (C=O) groups is 1. The van der Waals surface area contributed by atoms with Crippen LogP contribution in [-0.2, 0) is 4.79 Å². The van der Waals surface area contributed by atoms with E-state index in [1.165, 1.54) is 0 Å². The summed E-state index contributed by atoms with van der Waals surface area (Å²) >= 11 is 0. The predicted octanol–water partition coefficient (Wildman–Crippen LogP) is 1.43. The van der Waals surface area contributed by atoms with Gasteiger partial charge in [-0.1, -0.05) is 13.8 Å². The molecule has 2 N–H and O–H groups in total. The number of amides is 1. The molecule has 0 bridgehead atoms. The molecule has 1 heterocycles. The molecule has 0 aromatic heterocycles. The van der Waals surface area contributed by atoms with E-state index >= 15 is 0 Å². The first kappa shape index (κ1) is 14.0. The molecule has 1 fully saturated rings. The molecule has 4 nitrogen and oxygen atoms in total. The molecule has 0 aromatic rings. The van der Waals surface area contributed by atoms with Crippen LogP contribution in [0.1, 0.15) is 39.5 Å². The van der Waals surface area contributed by atoms with E-state index in [1.54, 1.807) is 0 Å². The molecule has 17 heavy (non-hydrogen) atoms. The molecule has 1 aliphatic rings. The van der Waals surface area contributed by atoms with Crippen LogP contribution in [0.3, 0.4) is 0 Å². The quantitative estimate of drug-likeness (QED) is 0.687. The number of nitriles is 1. The molecule has 1 aliphatic heterocycles. The molecule has 1 atom stereocenters. The van der Waals surface area contributed by atoms with Crippen LogP contribution in [0.2, 0.25) is 0 Å². The number of hydrogen-bond donors (Lipinski definition) is 2. The van der Waals surface area contributed by atoms with E-state index < -0.39 is 0 Å². The Morgan fingerprint density at radius 3 is 2.82 bits per heavy atom. The topological polar surface area (TPSA) is 64.9 Å². The van der Waals surface area contributed by atoms with Gasteiger partial charge in [0.1, 0.15) is 0 Å². The minimum atomic E-state index is -0.227. The van der Waals surface area contributed by atoms with E-state index in [2.05, 4.69) is 30.6 Å². The fourth-order valence-corrected chi connectivity index (χ4v) is 2.37. The Morgan fingerprint density at radius 2 is 2.29 bits per heavy atom. The van der Waals surface area contributed by atoms with Gasteiger partial charge in [-0.2, -0.15) is 5.26 Å². The van der Waals surface area contributed by atoms with Crippen molar-refractivity contribution in [2.75, 3.05) is 19.6 Å². The summed E-state index contributed by atoms with van der Waals surface area (Å²) in [6, 6.07) is 2.11. The van der Waals surface area contributed by atoms with Crippen molar-refractivity contribution in [3.8, 4) is 6.07 Å². The van der Waals surface area contributed by atoms with E-state index in [0.29, 0.717) is 18.9 Å². The standard InChI is InChI=1S/C13H23N3O/c1-11(2)13(6-9-15-10-13)12(17)16-8-5-3-4-7-14/h11,15H,3-6,8-10H2,1-2H3,(H,16,17). The molecule has 0 spiro atoms. The van der Waals surface area contributed by atoms with E-state index in [4.69, 9.17) is 5.26 Å². The van der Waals surface area contributed by atoms with E-state index in [9.17, 15) is 4.79 Å². The third-order valence-corrected chi connectivity index (χ3v) is 3.75. The maximum atomic E-state index is 12.2. The van der Waals surface area contributed by atoms with Gasteiger partial charge in [0.15, 0.2) is 0 Å². The van der Waals surface area contributed by atoms with Gasteiger partial charge in [-0.15, -0.1) is 0 Å². The van der Waals surface area contributed by atoms with Crippen molar-refractivity contribution in [2.24, 2.45) is 11.3 Å². The molecule has 1 unspecified atom stereocenters. The van der Waals surface area contributed by atoms with Gasteiger partial charge < -0.3 is 10.6 Å². The van der Waals surface area contributed by atoms with Crippen LogP contribution in [0.15, 0.2) is 0 Å². The fourth-order valence-electron chi connectivity index (χ4n) is 2.37. The minimum absolute atomic E-state index is 0.175. The summed E-state index contributed by atoms with van der Waals surface area (Å²) in [6.07, 6.45) is 3.26. The third-order valence-electron chi connectivity index (χ3n) is 3.75. The Morgan fingerprint density at radius 1 is 1.53 bits per heavy atom. The van der Waals surface area contributed by atoms with Gasteiger partial charge in [0.25, 0.3) is 0 Å².